The van der Waals surface area contributed by atoms with Gasteiger partial charge < -0.3 is 10.4 Å². The van der Waals surface area contributed by atoms with E-state index in [2.05, 4.69) is 11.4 Å². The first kappa shape index (κ1) is 14.4. The van der Waals surface area contributed by atoms with Crippen LogP contribution in [0, 0.1) is 5.41 Å². The molecule has 0 radical (unpaired) electrons. The average molecular weight is 311 g/mol. The zero-order valence-corrected chi connectivity index (χ0v) is 13.2. The maximum absolute atomic E-state index is 12.3. The van der Waals surface area contributed by atoms with Crippen molar-refractivity contribution in [3.8, 4) is 0 Å². The Bertz CT molecular complexity index is 469. The fourth-order valence-electron chi connectivity index (χ4n) is 3.13. The van der Waals surface area contributed by atoms with Crippen LogP contribution in [0.1, 0.15) is 45.8 Å². The highest BCUT2D eigenvalue weighted by Gasteiger charge is 2.33. The lowest BCUT2D eigenvalue weighted by Gasteiger charge is -2.26. The van der Waals surface area contributed by atoms with Crippen LogP contribution in [0.5, 0.6) is 0 Å². The number of fused-ring (bicyclic) bond motifs is 1. The number of aryl methyl sites for hydroxylation is 1. The lowest BCUT2D eigenvalue weighted by Crippen LogP contribution is -2.38. The van der Waals surface area contributed by atoms with Crippen molar-refractivity contribution >= 4 is 29.0 Å². The van der Waals surface area contributed by atoms with Gasteiger partial charge in [0.25, 0.3) is 5.91 Å². The van der Waals surface area contributed by atoms with Gasteiger partial charge in [-0.2, -0.15) is 11.8 Å². The Kier molecular flexibility index (Phi) is 4.38. The van der Waals surface area contributed by atoms with Crippen molar-refractivity contribution in [2.24, 2.45) is 5.41 Å². The molecule has 1 aromatic heterocycles. The van der Waals surface area contributed by atoms with E-state index in [0.717, 1.165) is 29.9 Å². The molecular weight excluding hydrogens is 290 g/mol. The van der Waals surface area contributed by atoms with Crippen LogP contribution in [-0.2, 0) is 12.2 Å². The molecule has 1 saturated carbocycles. The van der Waals surface area contributed by atoms with E-state index in [4.69, 9.17) is 0 Å². The maximum Gasteiger partial charge on any atom is 0.261 e. The molecule has 2 aliphatic rings. The number of hydrogen-bond acceptors (Lipinski definition) is 4. The van der Waals surface area contributed by atoms with Gasteiger partial charge in [-0.25, -0.2) is 0 Å². The van der Waals surface area contributed by atoms with E-state index in [0.29, 0.717) is 6.54 Å². The highest BCUT2D eigenvalue weighted by atomic mass is 32.2. The predicted octanol–water partition coefficient (Wildman–Crippen LogP) is 2.82. The molecule has 20 heavy (non-hydrogen) atoms. The summed E-state index contributed by atoms with van der Waals surface area (Å²) in [6.07, 6.45) is 5.49. The summed E-state index contributed by atoms with van der Waals surface area (Å²) in [6.45, 7) is 0.796. The van der Waals surface area contributed by atoms with Crippen molar-refractivity contribution in [1.82, 2.24) is 5.32 Å². The van der Waals surface area contributed by atoms with Crippen molar-refractivity contribution in [2.45, 2.75) is 37.9 Å². The Hall–Kier alpha value is -0.520. The normalized spacial score (nSPS) is 20.6. The highest BCUT2D eigenvalue weighted by molar-refractivity contribution is 7.98. The first-order valence-corrected chi connectivity index (χ1v) is 9.28. The van der Waals surface area contributed by atoms with Gasteiger partial charge in [0.1, 0.15) is 0 Å². The molecule has 1 fully saturated rings. The number of hydrogen-bond donors (Lipinski definition) is 2. The smallest absolute Gasteiger partial charge is 0.261 e. The summed E-state index contributed by atoms with van der Waals surface area (Å²) in [5, 5.41) is 12.6. The van der Waals surface area contributed by atoms with Crippen LogP contribution in [0.25, 0.3) is 0 Å². The van der Waals surface area contributed by atoms with E-state index in [1.807, 2.05) is 11.8 Å². The quantitative estimate of drug-likeness (QED) is 0.899. The van der Waals surface area contributed by atoms with Crippen LogP contribution < -0.4 is 5.32 Å². The Morgan fingerprint density at radius 3 is 2.90 bits per heavy atom. The maximum atomic E-state index is 12.3. The third kappa shape index (κ3) is 2.90. The van der Waals surface area contributed by atoms with Gasteiger partial charge in [-0.1, -0.05) is 12.8 Å². The third-order valence-electron chi connectivity index (χ3n) is 4.48. The standard InChI is InChI=1S/C15H21NO2S2/c17-10-15(4-1-2-5-15)9-16-14(18)13-7-11-8-19-6-3-12(11)20-13/h7,17H,1-6,8-10H2,(H,16,18). The largest absolute Gasteiger partial charge is 0.396 e. The van der Waals surface area contributed by atoms with Gasteiger partial charge in [-0.3, -0.25) is 4.79 Å². The number of amides is 1. The predicted molar refractivity (Wildman–Crippen MR) is 84.5 cm³/mol. The fraction of sp³-hybridized carbons (Fsp3) is 0.667. The Morgan fingerprint density at radius 2 is 2.20 bits per heavy atom. The Labute approximate surface area is 128 Å². The zero-order chi connectivity index (χ0) is 14.0. The number of nitrogens with one attached hydrogen (secondary N) is 1. The summed E-state index contributed by atoms with van der Waals surface area (Å²) in [7, 11) is 0. The molecule has 3 rings (SSSR count). The summed E-state index contributed by atoms with van der Waals surface area (Å²) in [4.78, 5) is 14.5. The summed E-state index contributed by atoms with van der Waals surface area (Å²) in [6, 6.07) is 2.06. The molecule has 1 amide bonds. The molecule has 0 unspecified atom stereocenters. The van der Waals surface area contributed by atoms with Crippen LogP contribution in [0.3, 0.4) is 0 Å². The highest BCUT2D eigenvalue weighted by Crippen LogP contribution is 2.37. The number of carbonyl (C=O) groups is 1. The minimum Gasteiger partial charge on any atom is -0.396 e. The molecule has 1 aliphatic heterocycles. The molecule has 3 nitrogen and oxygen atoms in total. The molecule has 1 aromatic rings. The summed E-state index contributed by atoms with van der Waals surface area (Å²) < 4.78 is 0. The van der Waals surface area contributed by atoms with Crippen molar-refractivity contribution < 1.29 is 9.90 Å². The Balaban J connectivity index is 1.63. The lowest BCUT2D eigenvalue weighted by atomic mass is 9.87. The molecule has 0 spiro atoms. The van der Waals surface area contributed by atoms with Crippen LogP contribution in [0.15, 0.2) is 6.07 Å². The topological polar surface area (TPSA) is 49.3 Å². The first-order chi connectivity index (χ1) is 9.72. The second-order valence-corrected chi connectivity index (χ2v) is 8.15. The number of rotatable bonds is 4. The van der Waals surface area contributed by atoms with Gasteiger partial charge in [0.2, 0.25) is 0 Å². The van der Waals surface area contributed by atoms with Gasteiger partial charge >= 0.3 is 0 Å². The summed E-state index contributed by atoms with van der Waals surface area (Å²) in [5.74, 6) is 2.25. The number of aliphatic hydroxyl groups is 1. The minimum atomic E-state index is -0.0671. The molecule has 110 valence electrons. The van der Waals surface area contributed by atoms with E-state index < -0.39 is 0 Å². The second kappa shape index (κ2) is 6.08. The number of carbonyl (C=O) groups excluding carboxylic acids is 1. The van der Waals surface area contributed by atoms with E-state index >= 15 is 0 Å². The summed E-state index contributed by atoms with van der Waals surface area (Å²) in [5.41, 5.74) is 1.27. The molecule has 0 bridgehead atoms. The van der Waals surface area contributed by atoms with E-state index in [1.165, 1.54) is 29.0 Å². The van der Waals surface area contributed by atoms with E-state index in [1.54, 1.807) is 11.3 Å². The van der Waals surface area contributed by atoms with Crippen LogP contribution >= 0.6 is 23.1 Å². The van der Waals surface area contributed by atoms with Gasteiger partial charge in [-0.05, 0) is 36.6 Å². The van der Waals surface area contributed by atoms with Crippen LogP contribution in [0.2, 0.25) is 0 Å². The molecule has 0 saturated heterocycles. The van der Waals surface area contributed by atoms with E-state index in [-0.39, 0.29) is 17.9 Å². The van der Waals surface area contributed by atoms with Crippen LogP contribution in [0.4, 0.5) is 0 Å². The molecular formula is C15H21NO2S2. The van der Waals surface area contributed by atoms with E-state index in [9.17, 15) is 9.90 Å². The molecule has 5 heteroatoms. The molecule has 2 heterocycles. The van der Waals surface area contributed by atoms with Crippen molar-refractivity contribution in [1.29, 1.82) is 0 Å². The first-order valence-electron chi connectivity index (χ1n) is 7.31. The minimum absolute atomic E-state index is 0.0362. The van der Waals surface area contributed by atoms with Gasteiger partial charge in [0.15, 0.2) is 0 Å². The van der Waals surface area contributed by atoms with Gasteiger partial charge in [0.05, 0.1) is 11.5 Å². The van der Waals surface area contributed by atoms with Gasteiger partial charge in [-0.15, -0.1) is 11.3 Å². The van der Waals surface area contributed by atoms with Crippen molar-refractivity contribution in [3.63, 3.8) is 0 Å². The second-order valence-electron chi connectivity index (χ2n) is 5.91. The third-order valence-corrected chi connectivity index (χ3v) is 6.72. The SMILES string of the molecule is O=C(NCC1(CO)CCCC1)c1cc2c(s1)CCSC2. The average Bonchev–Trinajstić information content (AvgIpc) is 3.12. The monoisotopic (exact) mass is 311 g/mol. The molecule has 0 aromatic carbocycles. The lowest BCUT2D eigenvalue weighted by molar-refractivity contribution is 0.0884. The Morgan fingerprint density at radius 1 is 1.40 bits per heavy atom. The van der Waals surface area contributed by atoms with Crippen molar-refractivity contribution in [3.05, 3.63) is 21.4 Å². The molecule has 0 atom stereocenters. The van der Waals surface area contributed by atoms with Crippen LogP contribution in [-0.4, -0.2) is 29.9 Å². The summed E-state index contributed by atoms with van der Waals surface area (Å²) >= 11 is 3.59. The number of aliphatic hydroxyl groups excluding tert-OH is 1. The van der Waals surface area contributed by atoms with Crippen molar-refractivity contribution in [2.75, 3.05) is 18.9 Å². The zero-order valence-electron chi connectivity index (χ0n) is 11.6. The molecule has 2 N–H and O–H groups in total. The van der Waals surface area contributed by atoms with Gasteiger partial charge in [0, 0.05) is 22.6 Å². The number of thioether (sulfide) groups is 1. The number of thiophene rings is 1. The molecule has 1 aliphatic carbocycles. The fourth-order valence-corrected chi connectivity index (χ4v) is 5.42.